The monoisotopic (exact) mass is 392 g/mol. The number of hydrogen-bond donors (Lipinski definition) is 1. The zero-order valence-electron chi connectivity index (χ0n) is 13.6. The minimum atomic E-state index is -0.319. The van der Waals surface area contributed by atoms with Crippen LogP contribution in [-0.4, -0.2) is 25.9 Å². The molecule has 0 aliphatic rings. The number of aromatic nitrogens is 3. The number of thioether (sulfide) groups is 1. The van der Waals surface area contributed by atoms with Gasteiger partial charge in [-0.25, -0.2) is 0 Å². The Morgan fingerprint density at radius 1 is 1.36 bits per heavy atom. The van der Waals surface area contributed by atoms with Crippen LogP contribution in [0, 0.1) is 0 Å². The van der Waals surface area contributed by atoms with E-state index in [1.54, 1.807) is 29.8 Å². The lowest BCUT2D eigenvalue weighted by molar-refractivity contribution is -0.115. The van der Waals surface area contributed by atoms with Gasteiger partial charge in [-0.3, -0.25) is 4.79 Å². The van der Waals surface area contributed by atoms with Gasteiger partial charge in [0.2, 0.25) is 5.91 Å². The van der Waals surface area contributed by atoms with Crippen LogP contribution in [0.1, 0.15) is 11.8 Å². The molecule has 0 aliphatic heterocycles. The third-order valence-corrected chi connectivity index (χ3v) is 5.90. The SMILES string of the molecule is CC(Sc1nncn1CCc1cccs1)C(=O)Nc1ccccc1Cl. The fourth-order valence-electron chi connectivity index (χ4n) is 2.18. The third-order valence-electron chi connectivity index (χ3n) is 3.54. The van der Waals surface area contributed by atoms with Crippen LogP contribution in [0.25, 0.3) is 0 Å². The molecule has 2 aromatic heterocycles. The van der Waals surface area contributed by atoms with Gasteiger partial charge in [0.05, 0.1) is 16.0 Å². The van der Waals surface area contributed by atoms with Crippen LogP contribution >= 0.6 is 34.7 Å². The Bertz CT molecular complexity index is 835. The molecule has 0 radical (unpaired) electrons. The van der Waals surface area contributed by atoms with Gasteiger partial charge >= 0.3 is 0 Å². The highest BCUT2D eigenvalue weighted by Gasteiger charge is 2.18. The number of thiophene rings is 1. The topological polar surface area (TPSA) is 59.8 Å². The summed E-state index contributed by atoms with van der Waals surface area (Å²) >= 11 is 9.20. The number of hydrogen-bond acceptors (Lipinski definition) is 5. The maximum atomic E-state index is 12.4. The lowest BCUT2D eigenvalue weighted by Crippen LogP contribution is -2.23. The first-order valence-electron chi connectivity index (χ1n) is 7.75. The molecule has 1 unspecified atom stereocenters. The van der Waals surface area contributed by atoms with E-state index in [1.807, 2.05) is 29.7 Å². The molecule has 0 fully saturated rings. The van der Waals surface area contributed by atoms with Crippen molar-refractivity contribution in [1.29, 1.82) is 0 Å². The van der Waals surface area contributed by atoms with Gasteiger partial charge in [0.1, 0.15) is 6.33 Å². The predicted molar refractivity (Wildman–Crippen MR) is 103 cm³/mol. The van der Waals surface area contributed by atoms with Crippen LogP contribution in [0.15, 0.2) is 53.3 Å². The highest BCUT2D eigenvalue weighted by atomic mass is 35.5. The fraction of sp³-hybridized carbons (Fsp3) is 0.235. The van der Waals surface area contributed by atoms with Gasteiger partial charge in [0.25, 0.3) is 0 Å². The van der Waals surface area contributed by atoms with Crippen molar-refractivity contribution in [3.63, 3.8) is 0 Å². The maximum Gasteiger partial charge on any atom is 0.237 e. The van der Waals surface area contributed by atoms with Gasteiger partial charge in [0, 0.05) is 11.4 Å². The number of para-hydroxylation sites is 1. The Labute approximate surface area is 159 Å². The molecule has 3 aromatic rings. The minimum Gasteiger partial charge on any atom is -0.324 e. The summed E-state index contributed by atoms with van der Waals surface area (Å²) in [6.07, 6.45) is 2.62. The normalized spacial score (nSPS) is 12.1. The Hall–Kier alpha value is -1.83. The van der Waals surface area contributed by atoms with Crippen LogP contribution in [0.5, 0.6) is 0 Å². The van der Waals surface area contributed by atoms with Crippen molar-refractivity contribution in [3.8, 4) is 0 Å². The summed E-state index contributed by atoms with van der Waals surface area (Å²) < 4.78 is 1.98. The summed E-state index contributed by atoms with van der Waals surface area (Å²) in [6, 6.07) is 11.3. The first-order valence-corrected chi connectivity index (χ1v) is 9.89. The standard InChI is InChI=1S/C17H17ClN4OS2/c1-12(16(23)20-15-7-3-2-6-14(15)18)25-17-21-19-11-22(17)9-8-13-5-4-10-24-13/h2-7,10-12H,8-9H2,1H3,(H,20,23). The molecular formula is C17H17ClN4OS2. The number of carbonyl (C=O) groups is 1. The number of benzene rings is 1. The summed E-state index contributed by atoms with van der Waals surface area (Å²) in [7, 11) is 0. The summed E-state index contributed by atoms with van der Waals surface area (Å²) in [5.41, 5.74) is 0.612. The van der Waals surface area contributed by atoms with Crippen LogP contribution in [-0.2, 0) is 17.8 Å². The van der Waals surface area contributed by atoms with E-state index >= 15 is 0 Å². The summed E-state index contributed by atoms with van der Waals surface area (Å²) in [5, 5.41) is 14.0. The second-order valence-corrected chi connectivity index (χ2v) is 8.11. The Morgan fingerprint density at radius 2 is 2.20 bits per heavy atom. The van der Waals surface area contributed by atoms with Gasteiger partial charge in [-0.2, -0.15) is 0 Å². The molecule has 0 spiro atoms. The van der Waals surface area contributed by atoms with Crippen LogP contribution in [0.3, 0.4) is 0 Å². The Kier molecular flexibility index (Phi) is 6.12. The second kappa shape index (κ2) is 8.51. The number of carbonyl (C=O) groups excluding carboxylic acids is 1. The van der Waals surface area contributed by atoms with E-state index in [2.05, 4.69) is 27.0 Å². The molecule has 1 N–H and O–H groups in total. The molecule has 3 rings (SSSR count). The van der Waals surface area contributed by atoms with Crippen molar-refractivity contribution < 1.29 is 4.79 Å². The van der Waals surface area contributed by atoms with Crippen molar-refractivity contribution in [1.82, 2.24) is 14.8 Å². The van der Waals surface area contributed by atoms with E-state index in [1.165, 1.54) is 16.6 Å². The molecule has 2 heterocycles. The van der Waals surface area contributed by atoms with Crippen molar-refractivity contribution >= 4 is 46.3 Å². The van der Waals surface area contributed by atoms with E-state index in [9.17, 15) is 4.79 Å². The van der Waals surface area contributed by atoms with E-state index in [4.69, 9.17) is 11.6 Å². The molecule has 0 saturated heterocycles. The maximum absolute atomic E-state index is 12.4. The lowest BCUT2D eigenvalue weighted by atomic mass is 10.3. The minimum absolute atomic E-state index is 0.120. The molecule has 1 atom stereocenters. The summed E-state index contributed by atoms with van der Waals surface area (Å²) in [5.74, 6) is -0.120. The van der Waals surface area contributed by atoms with Crippen molar-refractivity contribution in [2.45, 2.75) is 30.3 Å². The molecule has 1 amide bonds. The van der Waals surface area contributed by atoms with E-state index < -0.39 is 0 Å². The van der Waals surface area contributed by atoms with Gasteiger partial charge in [-0.05, 0) is 36.9 Å². The summed E-state index contributed by atoms with van der Waals surface area (Å²) in [4.78, 5) is 13.7. The van der Waals surface area contributed by atoms with Crippen molar-refractivity contribution in [2.75, 3.05) is 5.32 Å². The number of halogens is 1. The van der Waals surface area contributed by atoms with E-state index in [0.717, 1.165) is 18.1 Å². The zero-order chi connectivity index (χ0) is 17.6. The number of nitrogens with one attached hydrogen (secondary N) is 1. The first kappa shape index (κ1) is 18.0. The van der Waals surface area contributed by atoms with E-state index in [0.29, 0.717) is 10.7 Å². The molecule has 0 saturated carbocycles. The molecule has 25 heavy (non-hydrogen) atoms. The number of rotatable bonds is 7. The van der Waals surface area contributed by atoms with Gasteiger partial charge in [0.15, 0.2) is 5.16 Å². The van der Waals surface area contributed by atoms with Gasteiger partial charge < -0.3 is 9.88 Å². The van der Waals surface area contributed by atoms with Crippen molar-refractivity contribution in [3.05, 3.63) is 58.0 Å². The van der Waals surface area contributed by atoms with E-state index in [-0.39, 0.29) is 11.2 Å². The zero-order valence-corrected chi connectivity index (χ0v) is 15.9. The van der Waals surface area contributed by atoms with Crippen LogP contribution in [0.4, 0.5) is 5.69 Å². The van der Waals surface area contributed by atoms with Crippen LogP contribution in [0.2, 0.25) is 5.02 Å². The Balaban J connectivity index is 1.59. The highest BCUT2D eigenvalue weighted by molar-refractivity contribution is 8.00. The number of nitrogens with zero attached hydrogens (tertiary/aromatic N) is 3. The molecule has 130 valence electrons. The average Bonchev–Trinajstić information content (AvgIpc) is 3.26. The van der Waals surface area contributed by atoms with Crippen LogP contribution < -0.4 is 5.32 Å². The molecular weight excluding hydrogens is 376 g/mol. The van der Waals surface area contributed by atoms with Gasteiger partial charge in [-0.15, -0.1) is 21.5 Å². The van der Waals surface area contributed by atoms with Gasteiger partial charge in [-0.1, -0.05) is 41.6 Å². The Morgan fingerprint density at radius 3 is 2.96 bits per heavy atom. The summed E-state index contributed by atoms with van der Waals surface area (Å²) in [6.45, 7) is 2.63. The molecule has 8 heteroatoms. The number of amides is 1. The molecule has 0 bridgehead atoms. The average molecular weight is 393 g/mol. The third kappa shape index (κ3) is 4.84. The smallest absolute Gasteiger partial charge is 0.237 e. The largest absolute Gasteiger partial charge is 0.324 e. The molecule has 1 aromatic carbocycles. The molecule has 0 aliphatic carbocycles. The first-order chi connectivity index (χ1) is 12.1. The predicted octanol–water partition coefficient (Wildman–Crippen LogP) is 4.36. The fourth-order valence-corrected chi connectivity index (χ4v) is 3.91. The number of anilines is 1. The number of aryl methyl sites for hydroxylation is 2. The highest BCUT2D eigenvalue weighted by Crippen LogP contribution is 2.25. The lowest BCUT2D eigenvalue weighted by Gasteiger charge is -2.13. The second-order valence-electron chi connectivity index (χ2n) is 5.37. The van der Waals surface area contributed by atoms with Crippen molar-refractivity contribution in [2.24, 2.45) is 0 Å². The molecule has 5 nitrogen and oxygen atoms in total. The quantitative estimate of drug-likeness (QED) is 0.607.